The van der Waals surface area contributed by atoms with Crippen LogP contribution in [-0.4, -0.2) is 21.8 Å². The average Bonchev–Trinajstić information content (AvgIpc) is 2.10. The predicted octanol–water partition coefficient (Wildman–Crippen LogP) is 2.74. The largest absolute Gasteiger partial charge is 0.411 e. The Bertz CT molecular complexity index is 196. The van der Waals surface area contributed by atoms with Gasteiger partial charge >= 0.3 is 0 Å². The minimum absolute atomic E-state index is 0.379. The van der Waals surface area contributed by atoms with Crippen molar-refractivity contribution in [2.45, 2.75) is 40.5 Å². The van der Waals surface area contributed by atoms with E-state index in [4.69, 9.17) is 10.4 Å². The van der Waals surface area contributed by atoms with Crippen LogP contribution in [0.15, 0.2) is 10.3 Å². The van der Waals surface area contributed by atoms with Crippen molar-refractivity contribution in [2.24, 2.45) is 22.1 Å². The van der Waals surface area contributed by atoms with Gasteiger partial charge in [0.15, 0.2) is 0 Å². The van der Waals surface area contributed by atoms with Crippen molar-refractivity contribution >= 4 is 11.4 Å². The van der Waals surface area contributed by atoms with Gasteiger partial charge in [-0.1, -0.05) is 38.0 Å². The molecular formula is C10H20N2O2. The Balaban J connectivity index is 4.49. The zero-order valence-electron chi connectivity index (χ0n) is 9.36. The van der Waals surface area contributed by atoms with Crippen LogP contribution in [0.25, 0.3) is 0 Å². The fourth-order valence-corrected chi connectivity index (χ4v) is 1.21. The van der Waals surface area contributed by atoms with Crippen molar-refractivity contribution in [1.29, 1.82) is 0 Å². The molecule has 0 aromatic heterocycles. The van der Waals surface area contributed by atoms with Crippen molar-refractivity contribution in [3.05, 3.63) is 0 Å². The molecule has 0 aromatic carbocycles. The fraction of sp³-hybridized carbons (Fsp3) is 0.800. The fourth-order valence-electron chi connectivity index (χ4n) is 1.21. The second kappa shape index (κ2) is 6.40. The van der Waals surface area contributed by atoms with Crippen LogP contribution in [0.3, 0.4) is 0 Å². The van der Waals surface area contributed by atoms with Crippen LogP contribution in [-0.2, 0) is 0 Å². The minimum Gasteiger partial charge on any atom is -0.411 e. The molecule has 0 aliphatic heterocycles. The summed E-state index contributed by atoms with van der Waals surface area (Å²) in [5.41, 5.74) is 0.965. The maximum atomic E-state index is 8.79. The quantitative estimate of drug-likeness (QED) is 0.407. The zero-order valence-corrected chi connectivity index (χ0v) is 9.36. The lowest BCUT2D eigenvalue weighted by molar-refractivity contribution is 0.311. The molecule has 0 saturated carbocycles. The van der Waals surface area contributed by atoms with Gasteiger partial charge in [-0.2, -0.15) is 0 Å². The molecule has 4 heteroatoms. The molecule has 0 atom stereocenters. The van der Waals surface area contributed by atoms with Crippen LogP contribution in [0.1, 0.15) is 40.5 Å². The summed E-state index contributed by atoms with van der Waals surface area (Å²) < 4.78 is 0. The summed E-state index contributed by atoms with van der Waals surface area (Å²) in [5, 5.41) is 23.9. The molecule has 0 spiro atoms. The van der Waals surface area contributed by atoms with Crippen molar-refractivity contribution in [2.75, 3.05) is 0 Å². The molecule has 82 valence electrons. The van der Waals surface area contributed by atoms with Gasteiger partial charge in [0.05, 0.1) is 0 Å². The van der Waals surface area contributed by atoms with E-state index in [9.17, 15) is 0 Å². The molecule has 0 unspecified atom stereocenters. The van der Waals surface area contributed by atoms with Crippen molar-refractivity contribution in [3.8, 4) is 0 Å². The monoisotopic (exact) mass is 200 g/mol. The number of oxime groups is 2. The van der Waals surface area contributed by atoms with Gasteiger partial charge in [-0.15, -0.1) is 0 Å². The van der Waals surface area contributed by atoms with Gasteiger partial charge in [-0.05, 0) is 24.7 Å². The first-order chi connectivity index (χ1) is 6.51. The maximum absolute atomic E-state index is 8.79. The minimum atomic E-state index is 0.379. The topological polar surface area (TPSA) is 65.2 Å². The van der Waals surface area contributed by atoms with Crippen LogP contribution in [0.2, 0.25) is 0 Å². The zero-order chi connectivity index (χ0) is 11.1. The Kier molecular flexibility index (Phi) is 5.92. The number of rotatable bonds is 5. The maximum Gasteiger partial charge on any atom is 0.105 e. The highest BCUT2D eigenvalue weighted by molar-refractivity contribution is 6.42. The van der Waals surface area contributed by atoms with Crippen LogP contribution >= 0.6 is 0 Å². The molecule has 0 amide bonds. The van der Waals surface area contributed by atoms with Gasteiger partial charge in [-0.25, -0.2) is 0 Å². The summed E-state index contributed by atoms with van der Waals surface area (Å²) in [5.74, 6) is 0.759. The van der Waals surface area contributed by atoms with Gasteiger partial charge in [0.1, 0.15) is 11.4 Å². The van der Waals surface area contributed by atoms with E-state index in [1.807, 2.05) is 27.7 Å². The third-order valence-electron chi connectivity index (χ3n) is 1.78. The summed E-state index contributed by atoms with van der Waals surface area (Å²) in [4.78, 5) is 0. The standard InChI is InChI=1S/C10H20N2O2/c1-7(2)5-9(11-13)10(12-14)6-8(3)4/h7-8,13-14H,5-6H2,1-4H3. The Morgan fingerprint density at radius 1 is 0.857 bits per heavy atom. The average molecular weight is 200 g/mol. The van der Waals surface area contributed by atoms with E-state index in [2.05, 4.69) is 10.3 Å². The summed E-state index contributed by atoms with van der Waals surface area (Å²) >= 11 is 0. The second-order valence-corrected chi connectivity index (χ2v) is 4.29. The van der Waals surface area contributed by atoms with Crippen LogP contribution in [0.4, 0.5) is 0 Å². The second-order valence-electron chi connectivity index (χ2n) is 4.29. The Morgan fingerprint density at radius 3 is 1.29 bits per heavy atom. The molecule has 0 heterocycles. The molecule has 0 radical (unpaired) electrons. The van der Waals surface area contributed by atoms with Gasteiger partial charge in [0, 0.05) is 0 Å². The number of hydrogen-bond acceptors (Lipinski definition) is 4. The highest BCUT2D eigenvalue weighted by atomic mass is 16.4. The van der Waals surface area contributed by atoms with Gasteiger partial charge in [0.2, 0.25) is 0 Å². The summed E-state index contributed by atoms with van der Waals surface area (Å²) in [6, 6.07) is 0. The number of hydrogen-bond donors (Lipinski definition) is 2. The molecule has 0 fully saturated rings. The van der Waals surface area contributed by atoms with Gasteiger partial charge in [0.25, 0.3) is 0 Å². The van der Waals surface area contributed by atoms with E-state index in [0.717, 1.165) is 0 Å². The molecule has 2 N–H and O–H groups in total. The number of nitrogens with zero attached hydrogens (tertiary/aromatic N) is 2. The third kappa shape index (κ3) is 4.84. The molecule has 0 aliphatic rings. The predicted molar refractivity (Wildman–Crippen MR) is 57.4 cm³/mol. The molecule has 4 nitrogen and oxygen atoms in total. The summed E-state index contributed by atoms with van der Waals surface area (Å²) in [6.45, 7) is 8.09. The highest BCUT2D eigenvalue weighted by Gasteiger charge is 2.14. The smallest absolute Gasteiger partial charge is 0.105 e. The molecule has 0 bridgehead atoms. The van der Waals surface area contributed by atoms with Crippen molar-refractivity contribution in [3.63, 3.8) is 0 Å². The molecular weight excluding hydrogens is 180 g/mol. The van der Waals surface area contributed by atoms with Gasteiger partial charge < -0.3 is 10.4 Å². The molecule has 0 aliphatic carbocycles. The van der Waals surface area contributed by atoms with E-state index in [0.29, 0.717) is 36.1 Å². The van der Waals surface area contributed by atoms with E-state index in [1.165, 1.54) is 0 Å². The molecule has 0 aromatic rings. The molecule has 14 heavy (non-hydrogen) atoms. The first-order valence-corrected chi connectivity index (χ1v) is 4.93. The summed E-state index contributed by atoms with van der Waals surface area (Å²) in [7, 11) is 0. The third-order valence-corrected chi connectivity index (χ3v) is 1.78. The van der Waals surface area contributed by atoms with Crippen LogP contribution in [0, 0.1) is 11.8 Å². The lowest BCUT2D eigenvalue weighted by Gasteiger charge is -2.10. The Morgan fingerprint density at radius 2 is 1.14 bits per heavy atom. The Hall–Kier alpha value is -1.06. The highest BCUT2D eigenvalue weighted by Crippen LogP contribution is 2.09. The first kappa shape index (κ1) is 12.9. The lowest BCUT2D eigenvalue weighted by Crippen LogP contribution is -2.18. The molecule has 0 saturated heterocycles. The lowest BCUT2D eigenvalue weighted by atomic mass is 9.97. The normalized spacial score (nSPS) is 14.1. The van der Waals surface area contributed by atoms with E-state index in [-0.39, 0.29) is 0 Å². The van der Waals surface area contributed by atoms with Crippen LogP contribution < -0.4 is 0 Å². The van der Waals surface area contributed by atoms with Crippen molar-refractivity contribution < 1.29 is 10.4 Å². The SMILES string of the molecule is CC(C)CC(=NO)C(CC(C)C)=NO. The van der Waals surface area contributed by atoms with Gasteiger partial charge in [-0.3, -0.25) is 0 Å². The van der Waals surface area contributed by atoms with E-state index in [1.54, 1.807) is 0 Å². The van der Waals surface area contributed by atoms with Crippen molar-refractivity contribution in [1.82, 2.24) is 0 Å². The Labute approximate surface area is 85.3 Å². The summed E-state index contributed by atoms with van der Waals surface area (Å²) in [6.07, 6.45) is 1.26. The van der Waals surface area contributed by atoms with Crippen LogP contribution in [0.5, 0.6) is 0 Å². The van der Waals surface area contributed by atoms with E-state index >= 15 is 0 Å². The van der Waals surface area contributed by atoms with E-state index < -0.39 is 0 Å². The first-order valence-electron chi connectivity index (χ1n) is 4.93. The molecule has 0 rings (SSSR count).